The number of carbonyl (C=O) groups excluding carboxylic acids is 1. The van der Waals surface area contributed by atoms with E-state index in [9.17, 15) is 4.79 Å². The molecular weight excluding hydrogens is 432 g/mol. The molecule has 0 bridgehead atoms. The van der Waals surface area contributed by atoms with Crippen LogP contribution in [0.15, 0.2) is 36.5 Å². The third-order valence-electron chi connectivity index (χ3n) is 6.16. The van der Waals surface area contributed by atoms with Gasteiger partial charge in [-0.05, 0) is 50.9 Å². The molecule has 0 atom stereocenters. The van der Waals surface area contributed by atoms with E-state index < -0.39 is 6.16 Å². The van der Waals surface area contributed by atoms with Gasteiger partial charge in [-0.15, -0.1) is 0 Å². The van der Waals surface area contributed by atoms with Crippen LogP contribution in [0.2, 0.25) is 0 Å². The summed E-state index contributed by atoms with van der Waals surface area (Å²) in [6.07, 6.45) is 35.9. The molecule has 0 aromatic rings. The van der Waals surface area contributed by atoms with Gasteiger partial charge in [-0.3, -0.25) is 0 Å². The lowest BCUT2D eigenvalue weighted by molar-refractivity contribution is 0.0529. The van der Waals surface area contributed by atoms with Crippen molar-refractivity contribution in [2.45, 2.75) is 143 Å². The Kier molecular flexibility index (Phi) is 27.5. The lowest BCUT2D eigenvalue weighted by Gasteiger charge is -2.07. The van der Waals surface area contributed by atoms with E-state index in [0.717, 1.165) is 50.9 Å². The molecule has 3 heteroatoms. The Bertz CT molecular complexity index is 519. The summed E-state index contributed by atoms with van der Waals surface area (Å²) < 4.78 is 10.4. The van der Waals surface area contributed by atoms with Crippen LogP contribution >= 0.6 is 0 Å². The van der Waals surface area contributed by atoms with Crippen LogP contribution in [-0.4, -0.2) is 19.4 Å². The quantitative estimate of drug-likeness (QED) is 0.0725. The maximum atomic E-state index is 11.6. The van der Waals surface area contributed by atoms with E-state index >= 15 is 0 Å². The summed E-state index contributed by atoms with van der Waals surface area (Å²) in [5.74, 6) is 0.839. The minimum atomic E-state index is -0.491. The summed E-state index contributed by atoms with van der Waals surface area (Å²) in [6.45, 7) is 7.75. The van der Waals surface area contributed by atoms with Gasteiger partial charge in [0.15, 0.2) is 0 Å². The van der Waals surface area contributed by atoms with Crippen molar-refractivity contribution in [2.75, 3.05) is 13.2 Å². The molecule has 0 saturated carbocycles. The number of hydrogen-bond donors (Lipinski definition) is 0. The van der Waals surface area contributed by atoms with E-state index in [2.05, 4.69) is 57.2 Å². The van der Waals surface area contributed by atoms with Gasteiger partial charge in [0.1, 0.15) is 0 Å². The molecule has 0 radical (unpaired) electrons. The Hall–Kier alpha value is -1.51. The van der Waals surface area contributed by atoms with Crippen LogP contribution in [0.25, 0.3) is 0 Å². The first-order valence-corrected chi connectivity index (χ1v) is 14.9. The molecule has 0 saturated heterocycles. The summed E-state index contributed by atoms with van der Waals surface area (Å²) in [7, 11) is 0. The highest BCUT2D eigenvalue weighted by atomic mass is 16.7. The Balaban J connectivity index is 3.25. The molecule has 3 nitrogen and oxygen atoms in total. The van der Waals surface area contributed by atoms with Crippen molar-refractivity contribution >= 4 is 6.16 Å². The first kappa shape index (κ1) is 33.5. The molecule has 0 rings (SSSR count). The molecule has 0 N–H and O–H groups in total. The molecule has 0 aliphatic rings. The number of rotatable bonds is 25. The van der Waals surface area contributed by atoms with E-state index in [4.69, 9.17) is 9.47 Å². The predicted molar refractivity (Wildman–Crippen MR) is 153 cm³/mol. The van der Waals surface area contributed by atoms with Crippen molar-refractivity contribution in [3.8, 4) is 0 Å². The average molecular weight is 491 g/mol. The van der Waals surface area contributed by atoms with Crippen LogP contribution in [0.1, 0.15) is 143 Å². The summed E-state index contributed by atoms with van der Waals surface area (Å²) >= 11 is 0. The summed E-state index contributed by atoms with van der Waals surface area (Å²) in [5, 5.41) is 0. The van der Waals surface area contributed by atoms with Crippen LogP contribution in [0.5, 0.6) is 0 Å². The average Bonchev–Trinajstić information content (AvgIpc) is 2.84. The van der Waals surface area contributed by atoms with E-state index in [1.165, 1.54) is 77.0 Å². The predicted octanol–water partition coefficient (Wildman–Crippen LogP) is 10.9. The Labute approximate surface area is 218 Å². The molecule has 0 aliphatic heterocycles. The third kappa shape index (κ3) is 30.5. The van der Waals surface area contributed by atoms with Crippen LogP contribution in [0.3, 0.4) is 0 Å². The maximum Gasteiger partial charge on any atom is 0.508 e. The largest absolute Gasteiger partial charge is 0.508 e. The van der Waals surface area contributed by atoms with E-state index in [1.54, 1.807) is 0 Å². The number of hydrogen-bond acceptors (Lipinski definition) is 3. The molecule has 0 heterocycles. The molecule has 0 aromatic heterocycles. The van der Waals surface area contributed by atoms with Gasteiger partial charge in [-0.1, -0.05) is 134 Å². The zero-order valence-electron chi connectivity index (χ0n) is 23.6. The SMILES string of the molecule is CC/C=C\C/C=C\C/C=C\CCCCCCCCOC(=O)OCCCCCCCCCCC(C)C. The van der Waals surface area contributed by atoms with Crippen LogP contribution < -0.4 is 0 Å². The first-order valence-electron chi connectivity index (χ1n) is 14.9. The van der Waals surface area contributed by atoms with E-state index in [0.29, 0.717) is 13.2 Å². The van der Waals surface area contributed by atoms with Gasteiger partial charge in [-0.2, -0.15) is 0 Å². The number of unbranched alkanes of at least 4 members (excludes halogenated alkanes) is 13. The highest BCUT2D eigenvalue weighted by molar-refractivity contribution is 5.59. The minimum Gasteiger partial charge on any atom is -0.434 e. The number of carbonyl (C=O) groups is 1. The van der Waals surface area contributed by atoms with Crippen LogP contribution in [0, 0.1) is 5.92 Å². The van der Waals surface area contributed by atoms with Gasteiger partial charge in [0, 0.05) is 0 Å². The van der Waals surface area contributed by atoms with Gasteiger partial charge in [0.05, 0.1) is 13.2 Å². The lowest BCUT2D eigenvalue weighted by Crippen LogP contribution is -2.09. The monoisotopic (exact) mass is 490 g/mol. The van der Waals surface area contributed by atoms with Gasteiger partial charge in [0.25, 0.3) is 0 Å². The fourth-order valence-electron chi connectivity index (χ4n) is 3.97. The number of ether oxygens (including phenoxy) is 2. The summed E-state index contributed by atoms with van der Waals surface area (Å²) in [6, 6.07) is 0. The maximum absolute atomic E-state index is 11.6. The van der Waals surface area contributed by atoms with Crippen molar-refractivity contribution in [3.63, 3.8) is 0 Å². The zero-order valence-corrected chi connectivity index (χ0v) is 23.6. The Morgan fingerprint density at radius 3 is 1.51 bits per heavy atom. The lowest BCUT2D eigenvalue weighted by atomic mass is 10.0. The van der Waals surface area contributed by atoms with E-state index in [1.807, 2.05) is 0 Å². The molecule has 0 spiro atoms. The van der Waals surface area contributed by atoms with Gasteiger partial charge >= 0.3 is 6.16 Å². The van der Waals surface area contributed by atoms with E-state index in [-0.39, 0.29) is 0 Å². The Morgan fingerprint density at radius 1 is 0.571 bits per heavy atom. The van der Waals surface area contributed by atoms with Crippen molar-refractivity contribution in [3.05, 3.63) is 36.5 Å². The standard InChI is InChI=1S/C32H58O3/c1-4-5-6-7-8-9-10-11-12-13-14-15-17-20-23-26-29-34-32(33)35-30-27-24-21-18-16-19-22-25-28-31(2)3/h5-6,8-9,11-12,31H,4,7,10,13-30H2,1-3H3/b6-5-,9-8-,12-11-. The fraction of sp³-hybridized carbons (Fsp3) is 0.781. The second kappa shape index (κ2) is 28.7. The molecule has 0 aliphatic carbocycles. The van der Waals surface area contributed by atoms with Gasteiger partial charge in [-0.25, -0.2) is 4.79 Å². The van der Waals surface area contributed by atoms with Crippen LogP contribution in [-0.2, 0) is 9.47 Å². The second-order valence-corrected chi connectivity index (χ2v) is 10.2. The van der Waals surface area contributed by atoms with Crippen molar-refractivity contribution in [1.29, 1.82) is 0 Å². The molecule has 0 aromatic carbocycles. The highest BCUT2D eigenvalue weighted by Crippen LogP contribution is 2.13. The second-order valence-electron chi connectivity index (χ2n) is 10.2. The van der Waals surface area contributed by atoms with Crippen LogP contribution in [0.4, 0.5) is 4.79 Å². The fourth-order valence-corrected chi connectivity index (χ4v) is 3.97. The molecule has 0 amide bonds. The summed E-state index contributed by atoms with van der Waals surface area (Å²) in [5.41, 5.74) is 0. The number of allylic oxidation sites excluding steroid dienone is 6. The summed E-state index contributed by atoms with van der Waals surface area (Å²) in [4.78, 5) is 11.6. The molecule has 35 heavy (non-hydrogen) atoms. The van der Waals surface area contributed by atoms with Crippen molar-refractivity contribution < 1.29 is 14.3 Å². The van der Waals surface area contributed by atoms with Gasteiger partial charge < -0.3 is 9.47 Å². The van der Waals surface area contributed by atoms with Crippen molar-refractivity contribution in [1.82, 2.24) is 0 Å². The smallest absolute Gasteiger partial charge is 0.434 e. The molecular formula is C32H58O3. The molecule has 0 unspecified atom stereocenters. The normalized spacial score (nSPS) is 12.0. The molecule has 0 fully saturated rings. The molecule has 204 valence electrons. The Morgan fingerprint density at radius 2 is 1.00 bits per heavy atom. The zero-order chi connectivity index (χ0) is 25.7. The first-order chi connectivity index (χ1) is 17.2. The highest BCUT2D eigenvalue weighted by Gasteiger charge is 2.03. The van der Waals surface area contributed by atoms with Gasteiger partial charge in [0.2, 0.25) is 0 Å². The topological polar surface area (TPSA) is 35.5 Å². The third-order valence-corrected chi connectivity index (χ3v) is 6.16. The van der Waals surface area contributed by atoms with Crippen molar-refractivity contribution in [2.24, 2.45) is 5.92 Å². The minimum absolute atomic E-state index is 0.486.